The molecule has 0 unspecified atom stereocenters. The molecule has 4 nitrogen and oxygen atoms in total. The molecule has 1 aromatic heterocycles. The van der Waals surface area contributed by atoms with Crippen molar-refractivity contribution in [1.29, 1.82) is 0 Å². The molecule has 18 heavy (non-hydrogen) atoms. The summed E-state index contributed by atoms with van der Waals surface area (Å²) in [5, 5.41) is 12.6. The summed E-state index contributed by atoms with van der Waals surface area (Å²) in [6.45, 7) is 0. The lowest BCUT2D eigenvalue weighted by Crippen LogP contribution is -2.04. The first kappa shape index (κ1) is 13.2. The summed E-state index contributed by atoms with van der Waals surface area (Å²) in [7, 11) is 0. The van der Waals surface area contributed by atoms with Crippen LogP contribution in [0.2, 0.25) is 0 Å². The Bertz CT molecular complexity index is 609. The molecular formula is C12H8INO3S. The molecule has 1 aromatic carbocycles. The van der Waals surface area contributed by atoms with E-state index in [9.17, 15) is 14.9 Å². The highest BCUT2D eigenvalue weighted by atomic mass is 127. The summed E-state index contributed by atoms with van der Waals surface area (Å²) >= 11 is 3.63. The monoisotopic (exact) mass is 373 g/mol. The van der Waals surface area contributed by atoms with Gasteiger partial charge in [0.25, 0.3) is 5.69 Å². The van der Waals surface area contributed by atoms with E-state index in [1.165, 1.54) is 17.4 Å². The van der Waals surface area contributed by atoms with E-state index in [0.717, 1.165) is 2.88 Å². The third-order valence-electron chi connectivity index (χ3n) is 2.43. The van der Waals surface area contributed by atoms with Gasteiger partial charge in [0.2, 0.25) is 0 Å². The second kappa shape index (κ2) is 5.57. The number of thiophene rings is 1. The summed E-state index contributed by atoms with van der Waals surface area (Å²) in [4.78, 5) is 22.4. The minimum atomic E-state index is -0.458. The lowest BCUT2D eigenvalue weighted by Gasteiger charge is -2.01. The molecule has 0 aliphatic heterocycles. The molecule has 1 heterocycles. The first-order chi connectivity index (χ1) is 8.58. The van der Waals surface area contributed by atoms with Gasteiger partial charge < -0.3 is 0 Å². The zero-order valence-electron chi connectivity index (χ0n) is 9.13. The Morgan fingerprint density at radius 1 is 1.39 bits per heavy atom. The van der Waals surface area contributed by atoms with E-state index in [1.54, 1.807) is 29.6 Å². The fourth-order valence-corrected chi connectivity index (χ4v) is 2.92. The first-order valence-electron chi connectivity index (χ1n) is 5.07. The van der Waals surface area contributed by atoms with Crippen molar-refractivity contribution in [1.82, 2.24) is 0 Å². The third kappa shape index (κ3) is 2.94. The van der Waals surface area contributed by atoms with E-state index in [4.69, 9.17) is 0 Å². The van der Waals surface area contributed by atoms with Gasteiger partial charge in [0.15, 0.2) is 5.78 Å². The Morgan fingerprint density at radius 3 is 2.72 bits per heavy atom. The number of rotatable bonds is 4. The molecule has 92 valence electrons. The third-order valence-corrected chi connectivity index (χ3v) is 4.22. The van der Waals surface area contributed by atoms with Crippen molar-refractivity contribution in [3.63, 3.8) is 0 Å². The Labute approximate surface area is 121 Å². The number of para-hydroxylation sites is 1. The molecule has 0 fully saturated rings. The van der Waals surface area contributed by atoms with Gasteiger partial charge >= 0.3 is 0 Å². The van der Waals surface area contributed by atoms with Crippen LogP contribution in [0.15, 0.2) is 35.7 Å². The molecule has 0 saturated heterocycles. The molecule has 0 radical (unpaired) electrons. The Balaban J connectivity index is 2.24. The van der Waals surface area contributed by atoms with Gasteiger partial charge in [-0.25, -0.2) is 0 Å². The number of carbonyl (C=O) groups excluding carboxylic acids is 1. The molecule has 0 spiro atoms. The van der Waals surface area contributed by atoms with E-state index in [-0.39, 0.29) is 17.9 Å². The maximum Gasteiger partial charge on any atom is 0.273 e. The zero-order valence-corrected chi connectivity index (χ0v) is 12.1. The molecule has 0 aliphatic carbocycles. The SMILES string of the molecule is O=C(Cc1ccccc1[N+](=O)[O-])c1csc(I)c1. The van der Waals surface area contributed by atoms with Gasteiger partial charge in [-0.05, 0) is 28.7 Å². The van der Waals surface area contributed by atoms with Crippen LogP contribution in [0.4, 0.5) is 5.69 Å². The molecule has 0 N–H and O–H groups in total. The molecule has 6 heteroatoms. The number of carbonyl (C=O) groups is 1. The maximum atomic E-state index is 12.0. The van der Waals surface area contributed by atoms with E-state index >= 15 is 0 Å². The van der Waals surface area contributed by atoms with Crippen molar-refractivity contribution in [3.05, 3.63) is 59.8 Å². The van der Waals surface area contributed by atoms with Crippen LogP contribution in [0.25, 0.3) is 0 Å². The first-order valence-corrected chi connectivity index (χ1v) is 7.03. The van der Waals surface area contributed by atoms with Crippen LogP contribution < -0.4 is 0 Å². The highest BCUT2D eigenvalue weighted by Crippen LogP contribution is 2.22. The Kier molecular flexibility index (Phi) is 4.07. The van der Waals surface area contributed by atoms with Crippen LogP contribution >= 0.6 is 33.9 Å². The molecule has 0 amide bonds. The highest BCUT2D eigenvalue weighted by molar-refractivity contribution is 14.1. The van der Waals surface area contributed by atoms with Crippen molar-refractivity contribution in [2.45, 2.75) is 6.42 Å². The van der Waals surface area contributed by atoms with Gasteiger partial charge in [0, 0.05) is 29.0 Å². The normalized spacial score (nSPS) is 10.3. The van der Waals surface area contributed by atoms with Crippen LogP contribution in [0.3, 0.4) is 0 Å². The maximum absolute atomic E-state index is 12.0. The van der Waals surface area contributed by atoms with Gasteiger partial charge in [0.05, 0.1) is 7.81 Å². The molecular weight excluding hydrogens is 365 g/mol. The number of benzene rings is 1. The largest absolute Gasteiger partial charge is 0.294 e. The summed E-state index contributed by atoms with van der Waals surface area (Å²) in [5.41, 5.74) is 1.06. The predicted molar refractivity (Wildman–Crippen MR) is 78.2 cm³/mol. The summed E-state index contributed by atoms with van der Waals surface area (Å²) < 4.78 is 1.03. The lowest BCUT2D eigenvalue weighted by molar-refractivity contribution is -0.385. The second-order valence-electron chi connectivity index (χ2n) is 3.63. The van der Waals surface area contributed by atoms with Crippen molar-refractivity contribution in [2.24, 2.45) is 0 Å². The molecule has 0 bridgehead atoms. The number of ketones is 1. The molecule has 2 aromatic rings. The topological polar surface area (TPSA) is 60.2 Å². The minimum absolute atomic E-state index is 0.00391. The van der Waals surface area contributed by atoms with E-state index < -0.39 is 4.92 Å². The zero-order chi connectivity index (χ0) is 13.1. The van der Waals surface area contributed by atoms with Crippen LogP contribution in [0.1, 0.15) is 15.9 Å². The number of nitro groups is 1. The van der Waals surface area contributed by atoms with Crippen molar-refractivity contribution in [3.8, 4) is 0 Å². The smallest absolute Gasteiger partial charge is 0.273 e. The van der Waals surface area contributed by atoms with Gasteiger partial charge in [-0.1, -0.05) is 18.2 Å². The number of Topliss-reactive ketones (excluding diaryl/α,β-unsaturated/α-hetero) is 1. The average Bonchev–Trinajstić information content (AvgIpc) is 2.76. The van der Waals surface area contributed by atoms with Crippen LogP contribution in [0.5, 0.6) is 0 Å². The van der Waals surface area contributed by atoms with Gasteiger partial charge in [-0.2, -0.15) is 0 Å². The lowest BCUT2D eigenvalue weighted by atomic mass is 10.0. The summed E-state index contributed by atoms with van der Waals surface area (Å²) in [6.07, 6.45) is 0.0595. The summed E-state index contributed by atoms with van der Waals surface area (Å²) in [6, 6.07) is 8.13. The highest BCUT2D eigenvalue weighted by Gasteiger charge is 2.17. The molecule has 0 aliphatic rings. The van der Waals surface area contributed by atoms with Crippen molar-refractivity contribution >= 4 is 45.4 Å². The van der Waals surface area contributed by atoms with Gasteiger partial charge in [-0.15, -0.1) is 11.3 Å². The van der Waals surface area contributed by atoms with Gasteiger partial charge in [-0.3, -0.25) is 14.9 Å². The number of hydrogen-bond donors (Lipinski definition) is 0. The minimum Gasteiger partial charge on any atom is -0.294 e. The molecule has 2 rings (SSSR count). The second-order valence-corrected chi connectivity index (χ2v) is 6.43. The number of nitro benzene ring substituents is 1. The van der Waals surface area contributed by atoms with Crippen LogP contribution in [-0.2, 0) is 6.42 Å². The standard InChI is InChI=1S/C12H8INO3S/c13-12-6-9(7-18-12)11(15)5-8-3-1-2-4-10(8)14(16)17/h1-4,6-7H,5H2. The fourth-order valence-electron chi connectivity index (χ4n) is 1.57. The Hall–Kier alpha value is -1.28. The fraction of sp³-hybridized carbons (Fsp3) is 0.0833. The van der Waals surface area contributed by atoms with Crippen molar-refractivity contribution < 1.29 is 9.72 Å². The van der Waals surface area contributed by atoms with Crippen LogP contribution in [-0.4, -0.2) is 10.7 Å². The number of hydrogen-bond acceptors (Lipinski definition) is 4. The number of halogens is 1. The van der Waals surface area contributed by atoms with Crippen LogP contribution in [0, 0.1) is 13.0 Å². The quantitative estimate of drug-likeness (QED) is 0.356. The van der Waals surface area contributed by atoms with Crippen molar-refractivity contribution in [2.75, 3.05) is 0 Å². The van der Waals surface area contributed by atoms with E-state index in [2.05, 4.69) is 22.6 Å². The molecule has 0 atom stereocenters. The summed E-state index contributed by atoms with van der Waals surface area (Å²) in [5.74, 6) is -0.0940. The number of nitrogens with zero attached hydrogens (tertiary/aromatic N) is 1. The van der Waals surface area contributed by atoms with E-state index in [0.29, 0.717) is 11.1 Å². The molecule has 0 saturated carbocycles. The average molecular weight is 373 g/mol. The van der Waals surface area contributed by atoms with E-state index in [1.807, 2.05) is 0 Å². The Morgan fingerprint density at radius 2 is 2.11 bits per heavy atom. The predicted octanol–water partition coefficient (Wildman–Crippen LogP) is 3.69. The van der Waals surface area contributed by atoms with Gasteiger partial charge in [0.1, 0.15) is 0 Å².